The molecule has 1 aliphatic rings. The fraction of sp³-hybridized carbons (Fsp3) is 0.611. The maximum atomic E-state index is 12.5. The van der Waals surface area contributed by atoms with E-state index in [2.05, 4.69) is 43.5 Å². The summed E-state index contributed by atoms with van der Waals surface area (Å²) in [6, 6.07) is 0. The van der Waals surface area contributed by atoms with Gasteiger partial charge in [0.25, 0.3) is 0 Å². The highest BCUT2D eigenvalue weighted by molar-refractivity contribution is 5.99. The van der Waals surface area contributed by atoms with Gasteiger partial charge in [0.1, 0.15) is 0 Å². The van der Waals surface area contributed by atoms with Crippen molar-refractivity contribution in [1.29, 1.82) is 0 Å². The molecule has 0 spiro atoms. The van der Waals surface area contributed by atoms with Crippen molar-refractivity contribution in [1.82, 2.24) is 4.90 Å². The second-order valence-corrected chi connectivity index (χ2v) is 7.58. The number of carbonyl (C=O) groups excluding carboxylic acids is 1. The molecule has 2 N–H and O–H groups in total. The van der Waals surface area contributed by atoms with Crippen molar-refractivity contribution in [2.45, 2.75) is 47.6 Å². The van der Waals surface area contributed by atoms with Crippen LogP contribution in [0.1, 0.15) is 43.0 Å². The van der Waals surface area contributed by atoms with Gasteiger partial charge in [-0.25, -0.2) is 0 Å². The molecule has 1 amide bonds. The van der Waals surface area contributed by atoms with Crippen LogP contribution in [0.2, 0.25) is 0 Å². The Kier molecular flexibility index (Phi) is 4.52. The van der Waals surface area contributed by atoms with E-state index in [4.69, 9.17) is 0 Å². The SMILES string of the molecule is Cc1c(CN(C)C)c(C)c(NC(=O)C(C)(C)C)c2c1CCN2. The van der Waals surface area contributed by atoms with E-state index in [9.17, 15) is 4.79 Å². The Hall–Kier alpha value is -1.55. The molecule has 2 rings (SSSR count). The standard InChI is InChI=1S/C18H29N3O/c1-11-13-8-9-19-16(13)15(20-17(22)18(3,4)5)12(2)14(11)10-21(6)7/h19H,8-10H2,1-7H3,(H,20,22). The van der Waals surface area contributed by atoms with E-state index in [-0.39, 0.29) is 5.91 Å². The largest absolute Gasteiger partial charge is 0.383 e. The average molecular weight is 303 g/mol. The Balaban J connectivity index is 2.53. The van der Waals surface area contributed by atoms with Crippen molar-refractivity contribution in [3.05, 3.63) is 22.3 Å². The van der Waals surface area contributed by atoms with Crippen molar-refractivity contribution in [3.63, 3.8) is 0 Å². The van der Waals surface area contributed by atoms with Crippen LogP contribution >= 0.6 is 0 Å². The molecule has 1 heterocycles. The summed E-state index contributed by atoms with van der Waals surface area (Å²) in [7, 11) is 4.16. The molecule has 0 saturated heterocycles. The maximum absolute atomic E-state index is 12.5. The zero-order valence-electron chi connectivity index (χ0n) is 15.0. The molecule has 1 aromatic rings. The minimum Gasteiger partial charge on any atom is -0.383 e. The first-order valence-electron chi connectivity index (χ1n) is 7.98. The van der Waals surface area contributed by atoms with E-state index < -0.39 is 5.41 Å². The molecule has 0 aliphatic carbocycles. The maximum Gasteiger partial charge on any atom is 0.229 e. The Morgan fingerprint density at radius 1 is 1.23 bits per heavy atom. The fourth-order valence-corrected chi connectivity index (χ4v) is 2.97. The smallest absolute Gasteiger partial charge is 0.229 e. The van der Waals surface area contributed by atoms with Gasteiger partial charge in [-0.2, -0.15) is 0 Å². The molecule has 4 heteroatoms. The first-order valence-corrected chi connectivity index (χ1v) is 7.98. The summed E-state index contributed by atoms with van der Waals surface area (Å²) in [5, 5.41) is 6.63. The molecule has 0 unspecified atom stereocenters. The van der Waals surface area contributed by atoms with Crippen LogP contribution in [0.25, 0.3) is 0 Å². The lowest BCUT2D eigenvalue weighted by atomic mass is 9.91. The van der Waals surface area contributed by atoms with Crippen molar-refractivity contribution >= 4 is 17.3 Å². The van der Waals surface area contributed by atoms with E-state index in [1.165, 1.54) is 22.3 Å². The van der Waals surface area contributed by atoms with Gasteiger partial charge in [0, 0.05) is 18.5 Å². The summed E-state index contributed by atoms with van der Waals surface area (Å²) in [4.78, 5) is 14.6. The van der Waals surface area contributed by atoms with Gasteiger partial charge in [-0.15, -0.1) is 0 Å². The van der Waals surface area contributed by atoms with Crippen molar-refractivity contribution in [2.75, 3.05) is 31.3 Å². The van der Waals surface area contributed by atoms with Gasteiger partial charge in [-0.1, -0.05) is 20.8 Å². The van der Waals surface area contributed by atoms with Crippen molar-refractivity contribution in [3.8, 4) is 0 Å². The predicted molar refractivity (Wildman–Crippen MR) is 93.6 cm³/mol. The number of nitrogens with one attached hydrogen (secondary N) is 2. The van der Waals surface area contributed by atoms with E-state index in [0.29, 0.717) is 0 Å². The second-order valence-electron chi connectivity index (χ2n) is 7.58. The van der Waals surface area contributed by atoms with Gasteiger partial charge in [-0.05, 0) is 56.6 Å². The zero-order chi connectivity index (χ0) is 16.7. The summed E-state index contributed by atoms with van der Waals surface area (Å²) in [5.74, 6) is 0.0613. The van der Waals surface area contributed by atoms with E-state index in [1.54, 1.807) is 0 Å². The number of benzene rings is 1. The molecular weight excluding hydrogens is 274 g/mol. The quantitative estimate of drug-likeness (QED) is 0.900. The molecule has 1 aliphatic heterocycles. The molecule has 0 atom stereocenters. The minimum absolute atomic E-state index is 0.0613. The minimum atomic E-state index is -0.398. The van der Waals surface area contributed by atoms with Crippen LogP contribution in [0, 0.1) is 19.3 Å². The molecule has 0 aromatic heterocycles. The number of fused-ring (bicyclic) bond motifs is 1. The van der Waals surface area contributed by atoms with Gasteiger partial charge < -0.3 is 15.5 Å². The first kappa shape index (κ1) is 16.8. The Morgan fingerprint density at radius 2 is 1.86 bits per heavy atom. The molecule has 4 nitrogen and oxygen atoms in total. The van der Waals surface area contributed by atoms with Gasteiger partial charge in [0.2, 0.25) is 5.91 Å². The summed E-state index contributed by atoms with van der Waals surface area (Å²) in [5.41, 5.74) is 6.91. The zero-order valence-corrected chi connectivity index (χ0v) is 15.0. The highest BCUT2D eigenvalue weighted by atomic mass is 16.2. The summed E-state index contributed by atoms with van der Waals surface area (Å²) in [6.45, 7) is 12.0. The molecule has 0 saturated carbocycles. The Bertz CT molecular complexity index is 598. The molecule has 0 fully saturated rings. The van der Waals surface area contributed by atoms with Gasteiger partial charge in [-0.3, -0.25) is 4.79 Å². The molecule has 22 heavy (non-hydrogen) atoms. The van der Waals surface area contributed by atoms with Crippen molar-refractivity contribution < 1.29 is 4.79 Å². The highest BCUT2D eigenvalue weighted by Gasteiger charge is 2.27. The molecule has 0 radical (unpaired) electrons. The molecule has 1 aromatic carbocycles. The van der Waals surface area contributed by atoms with Gasteiger partial charge in [0.15, 0.2) is 0 Å². The van der Waals surface area contributed by atoms with Crippen LogP contribution in [0.15, 0.2) is 0 Å². The van der Waals surface area contributed by atoms with Gasteiger partial charge in [0.05, 0.1) is 11.4 Å². The summed E-state index contributed by atoms with van der Waals surface area (Å²) in [6.07, 6.45) is 1.03. The van der Waals surface area contributed by atoms with Crippen molar-refractivity contribution in [2.24, 2.45) is 5.41 Å². The van der Waals surface area contributed by atoms with Crippen LogP contribution in [-0.4, -0.2) is 31.4 Å². The fourth-order valence-electron chi connectivity index (χ4n) is 2.97. The van der Waals surface area contributed by atoms with Crippen LogP contribution in [-0.2, 0) is 17.8 Å². The van der Waals surface area contributed by atoms with E-state index in [0.717, 1.165) is 30.9 Å². The van der Waals surface area contributed by atoms with E-state index in [1.807, 2.05) is 20.8 Å². The lowest BCUT2D eigenvalue weighted by molar-refractivity contribution is -0.123. The topological polar surface area (TPSA) is 44.4 Å². The number of anilines is 2. The molecule has 122 valence electrons. The average Bonchev–Trinajstić information content (AvgIpc) is 2.87. The van der Waals surface area contributed by atoms with Crippen LogP contribution in [0.4, 0.5) is 11.4 Å². The summed E-state index contributed by atoms with van der Waals surface area (Å²) < 4.78 is 0. The number of amides is 1. The predicted octanol–water partition coefficient (Wildman–Crippen LogP) is 3.32. The Labute approximate surface area is 134 Å². The van der Waals surface area contributed by atoms with E-state index >= 15 is 0 Å². The Morgan fingerprint density at radius 3 is 2.41 bits per heavy atom. The third-order valence-electron chi connectivity index (χ3n) is 4.36. The molecular formula is C18H29N3O. The van der Waals surface area contributed by atoms with Gasteiger partial charge >= 0.3 is 0 Å². The van der Waals surface area contributed by atoms with Crippen LogP contribution < -0.4 is 10.6 Å². The van der Waals surface area contributed by atoms with Crippen LogP contribution in [0.3, 0.4) is 0 Å². The summed E-state index contributed by atoms with van der Waals surface area (Å²) >= 11 is 0. The normalized spacial score (nSPS) is 14.0. The highest BCUT2D eigenvalue weighted by Crippen LogP contribution is 2.40. The number of hydrogen-bond acceptors (Lipinski definition) is 3. The third kappa shape index (κ3) is 3.12. The lowest BCUT2D eigenvalue weighted by Gasteiger charge is -2.25. The first-order chi connectivity index (χ1) is 10.1. The third-order valence-corrected chi connectivity index (χ3v) is 4.36. The number of nitrogens with zero attached hydrogens (tertiary/aromatic N) is 1. The number of rotatable bonds is 3. The van der Waals surface area contributed by atoms with Crippen LogP contribution in [0.5, 0.6) is 0 Å². The second kappa shape index (κ2) is 5.92. The molecule has 0 bridgehead atoms. The number of hydrogen-bond donors (Lipinski definition) is 2. The lowest BCUT2D eigenvalue weighted by Crippen LogP contribution is -2.28. The monoisotopic (exact) mass is 303 g/mol. The number of carbonyl (C=O) groups is 1.